The fourth-order valence-corrected chi connectivity index (χ4v) is 3.78. The fourth-order valence-electron chi connectivity index (χ4n) is 2.86. The summed E-state index contributed by atoms with van der Waals surface area (Å²) in [6, 6.07) is 14.6. The van der Waals surface area contributed by atoms with Crippen molar-refractivity contribution in [1.82, 2.24) is 4.90 Å². The average molecular weight is 390 g/mol. The van der Waals surface area contributed by atoms with E-state index in [1.54, 1.807) is 30.1 Å². The van der Waals surface area contributed by atoms with Crippen LogP contribution in [0.25, 0.3) is 0 Å². The maximum atomic E-state index is 12.5. The number of nitrogens with zero attached hydrogens (tertiary/aromatic N) is 2. The standard InChI is InChI=1S/C19H22N2O5S/c1-20(13-15-6-4-3-5-7-15)19(22)10-11-21(27(2,23)24)16-8-9-17-18(12-16)26-14-25-17/h3-9,12H,10-11,13-14H2,1-2H3. The summed E-state index contributed by atoms with van der Waals surface area (Å²) in [5.74, 6) is 0.938. The quantitative estimate of drug-likeness (QED) is 0.725. The first-order valence-electron chi connectivity index (χ1n) is 8.50. The number of sulfonamides is 1. The maximum absolute atomic E-state index is 12.5. The Morgan fingerprint density at radius 2 is 1.78 bits per heavy atom. The van der Waals surface area contributed by atoms with Gasteiger partial charge in [-0.05, 0) is 17.7 Å². The lowest BCUT2D eigenvalue weighted by Gasteiger charge is -2.24. The van der Waals surface area contributed by atoms with E-state index in [1.165, 1.54) is 4.31 Å². The van der Waals surface area contributed by atoms with Crippen LogP contribution in [0.15, 0.2) is 48.5 Å². The van der Waals surface area contributed by atoms with Crippen molar-refractivity contribution in [2.75, 3.05) is 30.9 Å². The molecule has 0 atom stereocenters. The molecule has 7 nitrogen and oxygen atoms in total. The Bertz CT molecular complexity index is 915. The number of ether oxygens (including phenoxy) is 2. The van der Waals surface area contributed by atoms with Gasteiger partial charge in [-0.25, -0.2) is 8.42 Å². The second kappa shape index (κ2) is 7.87. The molecule has 1 aliphatic rings. The van der Waals surface area contributed by atoms with Gasteiger partial charge < -0.3 is 14.4 Å². The Morgan fingerprint density at radius 3 is 2.48 bits per heavy atom. The lowest BCUT2D eigenvalue weighted by molar-refractivity contribution is -0.130. The van der Waals surface area contributed by atoms with Crippen molar-refractivity contribution in [2.24, 2.45) is 0 Å². The van der Waals surface area contributed by atoms with Crippen molar-refractivity contribution in [3.63, 3.8) is 0 Å². The zero-order chi connectivity index (χ0) is 19.4. The molecule has 144 valence electrons. The van der Waals surface area contributed by atoms with Crippen LogP contribution in [0.1, 0.15) is 12.0 Å². The Kier molecular flexibility index (Phi) is 5.55. The van der Waals surface area contributed by atoms with E-state index in [2.05, 4.69) is 0 Å². The van der Waals surface area contributed by atoms with Crippen molar-refractivity contribution in [3.05, 3.63) is 54.1 Å². The maximum Gasteiger partial charge on any atom is 0.232 e. The molecule has 0 saturated carbocycles. The highest BCUT2D eigenvalue weighted by Gasteiger charge is 2.23. The molecule has 0 saturated heterocycles. The van der Waals surface area contributed by atoms with Gasteiger partial charge in [-0.3, -0.25) is 9.10 Å². The van der Waals surface area contributed by atoms with Crippen LogP contribution in [0.3, 0.4) is 0 Å². The summed E-state index contributed by atoms with van der Waals surface area (Å²) in [6.07, 6.45) is 1.20. The van der Waals surface area contributed by atoms with Gasteiger partial charge in [0, 0.05) is 32.6 Å². The minimum Gasteiger partial charge on any atom is -0.454 e. The fraction of sp³-hybridized carbons (Fsp3) is 0.316. The monoisotopic (exact) mass is 390 g/mol. The first kappa shape index (κ1) is 19.0. The normalized spacial score (nSPS) is 12.7. The average Bonchev–Trinajstić information content (AvgIpc) is 3.09. The van der Waals surface area contributed by atoms with Gasteiger partial charge in [-0.15, -0.1) is 0 Å². The van der Waals surface area contributed by atoms with E-state index in [9.17, 15) is 13.2 Å². The van der Waals surface area contributed by atoms with Crippen molar-refractivity contribution in [2.45, 2.75) is 13.0 Å². The van der Waals surface area contributed by atoms with E-state index in [-0.39, 0.29) is 25.7 Å². The summed E-state index contributed by atoms with van der Waals surface area (Å²) < 4.78 is 36.2. The zero-order valence-electron chi connectivity index (χ0n) is 15.3. The van der Waals surface area contributed by atoms with Crippen LogP contribution in [0.2, 0.25) is 0 Å². The summed E-state index contributed by atoms with van der Waals surface area (Å²) in [5, 5.41) is 0. The van der Waals surface area contributed by atoms with Gasteiger partial charge in [0.1, 0.15) is 0 Å². The van der Waals surface area contributed by atoms with Crippen molar-refractivity contribution < 1.29 is 22.7 Å². The molecular weight excluding hydrogens is 368 g/mol. The summed E-state index contributed by atoms with van der Waals surface area (Å²) >= 11 is 0. The van der Waals surface area contributed by atoms with E-state index in [0.717, 1.165) is 11.8 Å². The van der Waals surface area contributed by atoms with E-state index in [4.69, 9.17) is 9.47 Å². The number of rotatable bonds is 7. The third kappa shape index (κ3) is 4.71. The number of hydrogen-bond donors (Lipinski definition) is 0. The van der Waals surface area contributed by atoms with Gasteiger partial charge in [-0.2, -0.15) is 0 Å². The highest BCUT2D eigenvalue weighted by molar-refractivity contribution is 7.92. The highest BCUT2D eigenvalue weighted by atomic mass is 32.2. The number of fused-ring (bicyclic) bond motifs is 1. The van der Waals surface area contributed by atoms with Gasteiger partial charge in [0.15, 0.2) is 11.5 Å². The predicted octanol–water partition coefficient (Wildman–Crippen LogP) is 2.23. The Hall–Kier alpha value is -2.74. The van der Waals surface area contributed by atoms with Crippen LogP contribution >= 0.6 is 0 Å². The summed E-state index contributed by atoms with van der Waals surface area (Å²) in [6.45, 7) is 0.638. The number of carbonyl (C=O) groups is 1. The van der Waals surface area contributed by atoms with Crippen LogP contribution in [0.5, 0.6) is 11.5 Å². The van der Waals surface area contributed by atoms with Crippen molar-refractivity contribution in [3.8, 4) is 11.5 Å². The minimum absolute atomic E-state index is 0.0520. The molecule has 0 aromatic heterocycles. The second-order valence-corrected chi connectivity index (χ2v) is 8.26. The van der Waals surface area contributed by atoms with Crippen LogP contribution in [-0.2, 0) is 21.4 Å². The molecule has 0 fully saturated rings. The molecule has 1 heterocycles. The lowest BCUT2D eigenvalue weighted by atomic mass is 10.2. The smallest absolute Gasteiger partial charge is 0.232 e. The Labute approximate surface area is 159 Å². The van der Waals surface area contributed by atoms with Crippen LogP contribution in [0, 0.1) is 0 Å². The van der Waals surface area contributed by atoms with E-state index in [1.807, 2.05) is 30.3 Å². The highest BCUT2D eigenvalue weighted by Crippen LogP contribution is 2.36. The molecular formula is C19H22N2O5S. The van der Waals surface area contributed by atoms with Gasteiger partial charge in [0.25, 0.3) is 0 Å². The molecule has 0 radical (unpaired) electrons. The number of hydrogen-bond acceptors (Lipinski definition) is 5. The molecule has 0 N–H and O–H groups in total. The second-order valence-electron chi connectivity index (χ2n) is 6.36. The Balaban J connectivity index is 1.68. The van der Waals surface area contributed by atoms with Crippen molar-refractivity contribution in [1.29, 1.82) is 0 Å². The summed E-state index contributed by atoms with van der Waals surface area (Å²) in [4.78, 5) is 14.0. The Morgan fingerprint density at radius 1 is 1.07 bits per heavy atom. The third-order valence-electron chi connectivity index (χ3n) is 4.26. The SMILES string of the molecule is CN(Cc1ccccc1)C(=O)CCN(c1ccc2c(c1)OCO2)S(C)(=O)=O. The van der Waals surface area contributed by atoms with Crippen LogP contribution < -0.4 is 13.8 Å². The van der Waals surface area contributed by atoms with Gasteiger partial charge in [0.2, 0.25) is 22.7 Å². The first-order valence-corrected chi connectivity index (χ1v) is 10.3. The molecule has 0 bridgehead atoms. The number of benzene rings is 2. The molecule has 3 rings (SSSR count). The third-order valence-corrected chi connectivity index (χ3v) is 5.46. The predicted molar refractivity (Wildman–Crippen MR) is 102 cm³/mol. The van der Waals surface area contributed by atoms with Crippen LogP contribution in [-0.4, -0.2) is 45.9 Å². The molecule has 1 amide bonds. The molecule has 2 aromatic rings. The molecule has 2 aromatic carbocycles. The number of carbonyl (C=O) groups excluding carboxylic acids is 1. The van der Waals surface area contributed by atoms with E-state index in [0.29, 0.717) is 23.7 Å². The minimum atomic E-state index is -3.55. The van der Waals surface area contributed by atoms with E-state index >= 15 is 0 Å². The van der Waals surface area contributed by atoms with Crippen LogP contribution in [0.4, 0.5) is 5.69 Å². The largest absolute Gasteiger partial charge is 0.454 e. The summed E-state index contributed by atoms with van der Waals surface area (Å²) in [5.41, 5.74) is 1.46. The van der Waals surface area contributed by atoms with Crippen molar-refractivity contribution >= 4 is 21.6 Å². The van der Waals surface area contributed by atoms with Gasteiger partial charge >= 0.3 is 0 Å². The number of anilines is 1. The zero-order valence-corrected chi connectivity index (χ0v) is 16.1. The number of amides is 1. The molecule has 0 aliphatic carbocycles. The summed E-state index contributed by atoms with van der Waals surface area (Å²) in [7, 11) is -1.84. The molecule has 0 unspecified atom stereocenters. The first-order chi connectivity index (χ1) is 12.8. The van der Waals surface area contributed by atoms with Gasteiger partial charge in [-0.1, -0.05) is 30.3 Å². The molecule has 0 spiro atoms. The van der Waals surface area contributed by atoms with Gasteiger partial charge in [0.05, 0.1) is 11.9 Å². The lowest BCUT2D eigenvalue weighted by Crippen LogP contribution is -2.35. The molecule has 27 heavy (non-hydrogen) atoms. The molecule has 1 aliphatic heterocycles. The van der Waals surface area contributed by atoms with E-state index < -0.39 is 10.0 Å². The molecule has 8 heteroatoms. The topological polar surface area (TPSA) is 76.2 Å².